The van der Waals surface area contributed by atoms with Gasteiger partial charge in [-0.1, -0.05) is 48.5 Å². The Hall–Kier alpha value is -3.77. The van der Waals surface area contributed by atoms with Crippen LogP contribution >= 0.6 is 0 Å². The molecule has 3 heterocycles. The highest BCUT2D eigenvalue weighted by atomic mass is 15.1. The monoisotopic (exact) mass is 448 g/mol. The molecule has 170 valence electrons. The highest BCUT2D eigenvalue weighted by Crippen LogP contribution is 2.43. The first kappa shape index (κ1) is 20.8. The molecule has 0 aliphatic heterocycles. The lowest BCUT2D eigenvalue weighted by Gasteiger charge is -2.36. The third-order valence-corrected chi connectivity index (χ3v) is 6.87. The summed E-state index contributed by atoms with van der Waals surface area (Å²) in [4.78, 5) is 16.7. The van der Waals surface area contributed by atoms with Gasteiger partial charge >= 0.3 is 0 Å². The van der Waals surface area contributed by atoms with E-state index >= 15 is 0 Å². The zero-order chi connectivity index (χ0) is 23.2. The van der Waals surface area contributed by atoms with Crippen molar-refractivity contribution in [2.24, 2.45) is 5.92 Å². The maximum absolute atomic E-state index is 6.38. The molecule has 0 radical (unpaired) electrons. The van der Waals surface area contributed by atoms with E-state index in [-0.39, 0.29) is 0 Å². The van der Waals surface area contributed by atoms with E-state index in [0.717, 1.165) is 70.1 Å². The Morgan fingerprint density at radius 1 is 0.971 bits per heavy atom. The summed E-state index contributed by atoms with van der Waals surface area (Å²) in [6.45, 7) is 1.12. The fraction of sp³-hybridized carbons (Fsp3) is 0.250. The van der Waals surface area contributed by atoms with Gasteiger partial charge in [0.25, 0.3) is 0 Å². The summed E-state index contributed by atoms with van der Waals surface area (Å²) in [7, 11) is 4.28. The molecule has 1 saturated carbocycles. The predicted molar refractivity (Wildman–Crippen MR) is 138 cm³/mol. The Kier molecular flexibility index (Phi) is 5.03. The number of nitrogen functional groups attached to an aromatic ring is 1. The molecule has 0 saturated heterocycles. The molecule has 1 aliphatic carbocycles. The SMILES string of the molecule is CN(C)CC1CC(c2nc(-c3ccc4ccc(-c5ccccc5)nc4c3)c3c(N)nccn23)C1. The van der Waals surface area contributed by atoms with Crippen molar-refractivity contribution in [2.45, 2.75) is 18.8 Å². The Bertz CT molecular complexity index is 1480. The zero-order valence-electron chi connectivity index (χ0n) is 19.5. The van der Waals surface area contributed by atoms with Crippen molar-refractivity contribution in [3.05, 3.63) is 78.9 Å². The number of hydrogen-bond acceptors (Lipinski definition) is 5. The lowest BCUT2D eigenvalue weighted by atomic mass is 9.74. The predicted octanol–water partition coefficient (Wildman–Crippen LogP) is 5.25. The molecule has 0 amide bonds. The van der Waals surface area contributed by atoms with Gasteiger partial charge in [0.05, 0.1) is 11.2 Å². The van der Waals surface area contributed by atoms with Gasteiger partial charge in [0.1, 0.15) is 22.9 Å². The van der Waals surface area contributed by atoms with E-state index in [0.29, 0.717) is 11.7 Å². The Balaban J connectivity index is 1.43. The van der Waals surface area contributed by atoms with Crippen LogP contribution in [-0.2, 0) is 0 Å². The van der Waals surface area contributed by atoms with Crippen LogP contribution in [0.3, 0.4) is 0 Å². The smallest absolute Gasteiger partial charge is 0.150 e. The van der Waals surface area contributed by atoms with Gasteiger partial charge in [-0.15, -0.1) is 0 Å². The van der Waals surface area contributed by atoms with Crippen LogP contribution in [0.5, 0.6) is 0 Å². The minimum Gasteiger partial charge on any atom is -0.382 e. The number of imidazole rings is 1. The molecule has 1 fully saturated rings. The van der Waals surface area contributed by atoms with E-state index in [9.17, 15) is 0 Å². The number of nitrogens with zero attached hydrogens (tertiary/aromatic N) is 5. The van der Waals surface area contributed by atoms with Gasteiger partial charge in [-0.2, -0.15) is 0 Å². The number of rotatable bonds is 5. The molecule has 6 nitrogen and oxygen atoms in total. The third kappa shape index (κ3) is 3.60. The average Bonchev–Trinajstić information content (AvgIpc) is 3.21. The van der Waals surface area contributed by atoms with Crippen LogP contribution in [0.2, 0.25) is 0 Å². The van der Waals surface area contributed by atoms with Gasteiger partial charge in [0.2, 0.25) is 0 Å². The highest BCUT2D eigenvalue weighted by Gasteiger charge is 2.34. The molecular weight excluding hydrogens is 420 g/mol. The Labute approximate surface area is 199 Å². The average molecular weight is 449 g/mol. The van der Waals surface area contributed by atoms with Crippen molar-refractivity contribution in [1.29, 1.82) is 0 Å². The molecule has 3 aromatic heterocycles. The van der Waals surface area contributed by atoms with Gasteiger partial charge in [0, 0.05) is 41.4 Å². The van der Waals surface area contributed by atoms with Gasteiger partial charge in [-0.25, -0.2) is 15.0 Å². The number of fused-ring (bicyclic) bond motifs is 2. The molecule has 34 heavy (non-hydrogen) atoms. The molecule has 1 aliphatic rings. The van der Waals surface area contributed by atoms with Gasteiger partial charge in [-0.3, -0.25) is 4.40 Å². The first-order valence-electron chi connectivity index (χ1n) is 11.8. The molecule has 0 spiro atoms. The maximum atomic E-state index is 6.38. The van der Waals surface area contributed by atoms with Crippen LogP contribution in [-0.4, -0.2) is 44.9 Å². The molecule has 0 bridgehead atoms. The van der Waals surface area contributed by atoms with Gasteiger partial charge < -0.3 is 10.6 Å². The van der Waals surface area contributed by atoms with Crippen LogP contribution in [0.1, 0.15) is 24.6 Å². The quantitative estimate of drug-likeness (QED) is 0.398. The number of benzene rings is 2. The van der Waals surface area contributed by atoms with Crippen LogP contribution in [0.15, 0.2) is 73.1 Å². The molecule has 2 N–H and O–H groups in total. The highest BCUT2D eigenvalue weighted by molar-refractivity contribution is 5.91. The first-order valence-corrected chi connectivity index (χ1v) is 11.8. The summed E-state index contributed by atoms with van der Waals surface area (Å²) >= 11 is 0. The fourth-order valence-electron chi connectivity index (χ4n) is 5.22. The van der Waals surface area contributed by atoms with Crippen LogP contribution in [0.4, 0.5) is 5.82 Å². The molecule has 6 rings (SSSR count). The van der Waals surface area contributed by atoms with Gasteiger partial charge in [0.15, 0.2) is 0 Å². The first-order chi connectivity index (χ1) is 16.6. The summed E-state index contributed by atoms with van der Waals surface area (Å²) < 4.78 is 2.15. The number of anilines is 1. The number of pyridine rings is 1. The van der Waals surface area contributed by atoms with E-state index in [1.165, 1.54) is 0 Å². The van der Waals surface area contributed by atoms with E-state index in [1.807, 2.05) is 24.4 Å². The van der Waals surface area contributed by atoms with Crippen molar-refractivity contribution in [2.75, 3.05) is 26.4 Å². The lowest BCUT2D eigenvalue weighted by molar-refractivity contribution is 0.194. The summed E-state index contributed by atoms with van der Waals surface area (Å²) in [5.41, 5.74) is 12.2. The maximum Gasteiger partial charge on any atom is 0.150 e. The summed E-state index contributed by atoms with van der Waals surface area (Å²) in [6, 6.07) is 20.8. The normalized spacial score (nSPS) is 18.0. The number of aromatic nitrogens is 4. The fourth-order valence-corrected chi connectivity index (χ4v) is 5.22. The van der Waals surface area contributed by atoms with E-state index in [4.69, 9.17) is 15.7 Å². The zero-order valence-corrected chi connectivity index (χ0v) is 19.5. The number of hydrogen-bond donors (Lipinski definition) is 1. The third-order valence-electron chi connectivity index (χ3n) is 6.87. The molecule has 0 atom stereocenters. The molecular formula is C28H28N6. The minimum absolute atomic E-state index is 0.441. The van der Waals surface area contributed by atoms with Crippen LogP contribution in [0, 0.1) is 5.92 Å². The van der Waals surface area contributed by atoms with Gasteiger partial charge in [-0.05, 0) is 45.0 Å². The Morgan fingerprint density at radius 2 is 1.76 bits per heavy atom. The summed E-state index contributed by atoms with van der Waals surface area (Å²) in [6.07, 6.45) is 6.06. The van der Waals surface area contributed by atoms with Crippen LogP contribution < -0.4 is 5.73 Å². The second-order valence-electron chi connectivity index (χ2n) is 9.62. The summed E-state index contributed by atoms with van der Waals surface area (Å²) in [5, 5.41) is 1.10. The Morgan fingerprint density at radius 3 is 2.56 bits per heavy atom. The molecule has 5 aromatic rings. The van der Waals surface area contributed by atoms with E-state index < -0.39 is 0 Å². The molecule has 2 aromatic carbocycles. The topological polar surface area (TPSA) is 72.3 Å². The van der Waals surface area contributed by atoms with Crippen molar-refractivity contribution in [3.8, 4) is 22.5 Å². The standard InChI is InChI=1S/C28H28N6/c1-33(2)17-18-14-22(15-18)28-32-25(26-27(29)30-12-13-34(26)28)21-9-8-20-10-11-23(31-24(20)16-21)19-6-4-3-5-7-19/h3-13,16,18,22H,14-15,17H2,1-2H3,(H2,29,30). The van der Waals surface area contributed by atoms with Crippen LogP contribution in [0.25, 0.3) is 38.9 Å². The largest absolute Gasteiger partial charge is 0.382 e. The van der Waals surface area contributed by atoms with Crippen molar-refractivity contribution in [1.82, 2.24) is 24.3 Å². The lowest BCUT2D eigenvalue weighted by Crippen LogP contribution is -2.32. The van der Waals surface area contributed by atoms with Crippen molar-refractivity contribution >= 4 is 22.2 Å². The molecule has 0 unspecified atom stereocenters. The van der Waals surface area contributed by atoms with E-state index in [1.54, 1.807) is 6.20 Å². The second-order valence-corrected chi connectivity index (χ2v) is 9.62. The minimum atomic E-state index is 0.441. The molecule has 6 heteroatoms. The number of nitrogens with two attached hydrogens (primary N) is 1. The van der Waals surface area contributed by atoms with E-state index in [2.05, 4.69) is 70.8 Å². The summed E-state index contributed by atoms with van der Waals surface area (Å²) in [5.74, 6) is 2.75. The second kappa shape index (κ2) is 8.22. The van der Waals surface area contributed by atoms with Crippen molar-refractivity contribution in [3.63, 3.8) is 0 Å². The van der Waals surface area contributed by atoms with Crippen molar-refractivity contribution < 1.29 is 0 Å².